The predicted molar refractivity (Wildman–Crippen MR) is 80.0 cm³/mol. The van der Waals surface area contributed by atoms with E-state index in [1.54, 1.807) is 0 Å². The van der Waals surface area contributed by atoms with E-state index in [1.165, 1.54) is 0 Å². The smallest absolute Gasteiger partial charge is 0.319 e. The molecule has 1 aromatic rings. The molecule has 0 saturated heterocycles. The summed E-state index contributed by atoms with van der Waals surface area (Å²) in [6.45, 7) is 6.82. The van der Waals surface area contributed by atoms with E-state index in [0.717, 1.165) is 24.1 Å². The number of hydrogen-bond acceptors (Lipinski definition) is 2. The monoisotopic (exact) mass is 263 g/mol. The number of nitrogens with two attached hydrogens (primary N) is 1. The number of amides is 2. The molecule has 1 unspecified atom stereocenters. The lowest BCUT2D eigenvalue weighted by Crippen LogP contribution is -2.40. The minimum atomic E-state index is -0.159. The van der Waals surface area contributed by atoms with Crippen molar-refractivity contribution in [1.29, 1.82) is 0 Å². The fraction of sp³-hybridized carbons (Fsp3) is 0.533. The van der Waals surface area contributed by atoms with E-state index in [-0.39, 0.29) is 12.1 Å². The van der Waals surface area contributed by atoms with Gasteiger partial charge >= 0.3 is 6.03 Å². The molecule has 0 aromatic heterocycles. The van der Waals surface area contributed by atoms with Crippen LogP contribution in [0.1, 0.15) is 39.2 Å². The largest absolute Gasteiger partial charge is 0.335 e. The molecule has 0 aliphatic heterocycles. The number of hydrogen-bond donors (Lipinski definition) is 3. The summed E-state index contributed by atoms with van der Waals surface area (Å²) in [5, 5.41) is 5.83. The topological polar surface area (TPSA) is 67.2 Å². The van der Waals surface area contributed by atoms with Gasteiger partial charge in [-0.3, -0.25) is 0 Å². The van der Waals surface area contributed by atoms with Crippen molar-refractivity contribution in [3.05, 3.63) is 29.8 Å². The Kier molecular flexibility index (Phi) is 6.36. The van der Waals surface area contributed by atoms with Gasteiger partial charge in [0, 0.05) is 18.3 Å². The molecule has 0 radical (unpaired) electrons. The van der Waals surface area contributed by atoms with Gasteiger partial charge < -0.3 is 16.4 Å². The van der Waals surface area contributed by atoms with Crippen LogP contribution in [0.2, 0.25) is 0 Å². The van der Waals surface area contributed by atoms with E-state index < -0.39 is 0 Å². The average molecular weight is 263 g/mol. The third kappa shape index (κ3) is 4.91. The number of urea groups is 1. The summed E-state index contributed by atoms with van der Waals surface area (Å²) in [5.41, 5.74) is 7.36. The maximum atomic E-state index is 11.9. The first kappa shape index (κ1) is 15.5. The maximum Gasteiger partial charge on any atom is 0.319 e. The van der Waals surface area contributed by atoms with Crippen molar-refractivity contribution in [3.8, 4) is 0 Å². The summed E-state index contributed by atoms with van der Waals surface area (Å²) < 4.78 is 0. The number of benzene rings is 1. The van der Waals surface area contributed by atoms with Gasteiger partial charge in [0.05, 0.1) is 0 Å². The van der Waals surface area contributed by atoms with Crippen LogP contribution in [-0.4, -0.2) is 12.1 Å². The maximum absolute atomic E-state index is 11.9. The molecule has 4 N–H and O–H groups in total. The fourth-order valence-electron chi connectivity index (χ4n) is 2.26. The average Bonchev–Trinajstić information content (AvgIpc) is 2.40. The number of anilines is 1. The first-order valence-corrected chi connectivity index (χ1v) is 6.97. The molecule has 0 saturated carbocycles. The highest BCUT2D eigenvalue weighted by Crippen LogP contribution is 2.13. The van der Waals surface area contributed by atoms with Crippen molar-refractivity contribution in [2.75, 3.05) is 5.32 Å². The Bertz CT molecular complexity index is 402. The Balaban J connectivity index is 2.54. The second kappa shape index (κ2) is 7.79. The van der Waals surface area contributed by atoms with Gasteiger partial charge in [0.25, 0.3) is 0 Å². The quantitative estimate of drug-likeness (QED) is 0.738. The third-order valence-electron chi connectivity index (χ3n) is 3.54. The van der Waals surface area contributed by atoms with Gasteiger partial charge in [0.2, 0.25) is 0 Å². The summed E-state index contributed by atoms with van der Waals surface area (Å²) in [7, 11) is 0. The fourth-order valence-corrected chi connectivity index (χ4v) is 2.26. The Labute approximate surface area is 115 Å². The first-order chi connectivity index (χ1) is 9.10. The molecule has 0 fully saturated rings. The Morgan fingerprint density at radius 2 is 2.00 bits per heavy atom. The molecular weight excluding hydrogens is 238 g/mol. The highest BCUT2D eigenvalue weighted by molar-refractivity contribution is 5.89. The molecule has 1 aromatic carbocycles. The molecule has 0 bridgehead atoms. The van der Waals surface area contributed by atoms with E-state index >= 15 is 0 Å². The molecule has 1 rings (SSSR count). The van der Waals surface area contributed by atoms with Crippen LogP contribution in [0.3, 0.4) is 0 Å². The minimum absolute atomic E-state index is 0.159. The van der Waals surface area contributed by atoms with Crippen LogP contribution in [0.15, 0.2) is 24.3 Å². The Morgan fingerprint density at radius 3 is 2.58 bits per heavy atom. The molecule has 1 atom stereocenters. The van der Waals surface area contributed by atoms with Crippen LogP contribution in [0, 0.1) is 5.92 Å². The summed E-state index contributed by atoms with van der Waals surface area (Å²) in [4.78, 5) is 11.9. The highest BCUT2D eigenvalue weighted by Gasteiger charge is 2.15. The summed E-state index contributed by atoms with van der Waals surface area (Å²) >= 11 is 0. The molecule has 0 heterocycles. The molecule has 0 aliphatic carbocycles. The van der Waals surface area contributed by atoms with E-state index in [0.29, 0.717) is 12.5 Å². The molecule has 19 heavy (non-hydrogen) atoms. The van der Waals surface area contributed by atoms with E-state index in [2.05, 4.69) is 24.5 Å². The van der Waals surface area contributed by atoms with E-state index in [4.69, 9.17) is 5.73 Å². The third-order valence-corrected chi connectivity index (χ3v) is 3.54. The van der Waals surface area contributed by atoms with Crippen molar-refractivity contribution >= 4 is 11.7 Å². The van der Waals surface area contributed by atoms with E-state index in [9.17, 15) is 4.79 Å². The number of carbonyl (C=O) groups excluding carboxylic acids is 1. The van der Waals surface area contributed by atoms with Crippen LogP contribution < -0.4 is 16.4 Å². The number of rotatable bonds is 6. The van der Waals surface area contributed by atoms with Gasteiger partial charge in [-0.2, -0.15) is 0 Å². The Hall–Kier alpha value is -1.55. The normalized spacial score (nSPS) is 12.3. The van der Waals surface area contributed by atoms with Crippen LogP contribution in [-0.2, 0) is 6.54 Å². The SMILES string of the molecule is CCC(CC)C(C)NC(=O)Nc1cccc(CN)c1. The summed E-state index contributed by atoms with van der Waals surface area (Å²) in [5.74, 6) is 0.515. The molecule has 4 heteroatoms. The molecule has 106 valence electrons. The van der Waals surface area contributed by atoms with Gasteiger partial charge in [0.1, 0.15) is 0 Å². The van der Waals surface area contributed by atoms with Crippen molar-refractivity contribution in [2.24, 2.45) is 11.7 Å². The van der Waals surface area contributed by atoms with Crippen LogP contribution in [0.25, 0.3) is 0 Å². The number of carbonyl (C=O) groups is 1. The van der Waals surface area contributed by atoms with Gasteiger partial charge in [-0.15, -0.1) is 0 Å². The van der Waals surface area contributed by atoms with Crippen LogP contribution >= 0.6 is 0 Å². The standard InChI is InChI=1S/C15H25N3O/c1-4-13(5-2)11(3)17-15(19)18-14-8-6-7-12(9-14)10-16/h6-9,11,13H,4-5,10,16H2,1-3H3,(H2,17,18,19). The highest BCUT2D eigenvalue weighted by atomic mass is 16.2. The zero-order chi connectivity index (χ0) is 14.3. The molecule has 4 nitrogen and oxygen atoms in total. The predicted octanol–water partition coefficient (Wildman–Crippen LogP) is 3.09. The van der Waals surface area contributed by atoms with Crippen molar-refractivity contribution in [2.45, 2.75) is 46.2 Å². The van der Waals surface area contributed by atoms with Gasteiger partial charge in [0.15, 0.2) is 0 Å². The lowest BCUT2D eigenvalue weighted by molar-refractivity contribution is 0.243. The molecule has 0 aliphatic rings. The molecule has 0 spiro atoms. The lowest BCUT2D eigenvalue weighted by Gasteiger charge is -2.22. The van der Waals surface area contributed by atoms with Gasteiger partial charge in [-0.1, -0.05) is 38.8 Å². The zero-order valence-corrected chi connectivity index (χ0v) is 12.1. The Morgan fingerprint density at radius 1 is 1.32 bits per heavy atom. The summed E-state index contributed by atoms with van der Waals surface area (Å²) in [6.07, 6.45) is 2.14. The first-order valence-electron chi connectivity index (χ1n) is 6.97. The van der Waals surface area contributed by atoms with Crippen LogP contribution in [0.5, 0.6) is 0 Å². The van der Waals surface area contributed by atoms with Gasteiger partial charge in [-0.25, -0.2) is 4.79 Å². The van der Waals surface area contributed by atoms with Crippen molar-refractivity contribution in [3.63, 3.8) is 0 Å². The summed E-state index contributed by atoms with van der Waals surface area (Å²) in [6, 6.07) is 7.60. The van der Waals surface area contributed by atoms with Crippen LogP contribution in [0.4, 0.5) is 10.5 Å². The van der Waals surface area contributed by atoms with E-state index in [1.807, 2.05) is 31.2 Å². The molecule has 2 amide bonds. The van der Waals surface area contributed by atoms with Crippen molar-refractivity contribution in [1.82, 2.24) is 5.32 Å². The lowest BCUT2D eigenvalue weighted by atomic mass is 9.96. The second-order valence-electron chi connectivity index (χ2n) is 4.87. The minimum Gasteiger partial charge on any atom is -0.335 e. The van der Waals surface area contributed by atoms with Gasteiger partial charge in [-0.05, 0) is 30.5 Å². The molecular formula is C15H25N3O. The van der Waals surface area contributed by atoms with Crippen molar-refractivity contribution < 1.29 is 4.79 Å². The second-order valence-corrected chi connectivity index (χ2v) is 4.87. The number of nitrogens with one attached hydrogen (secondary N) is 2. The zero-order valence-electron chi connectivity index (χ0n) is 12.1.